The van der Waals surface area contributed by atoms with Crippen molar-refractivity contribution in [2.45, 2.75) is 0 Å². The molecule has 28 heavy (non-hydrogen) atoms. The number of ether oxygens (including phenoxy) is 1. The summed E-state index contributed by atoms with van der Waals surface area (Å²) in [5.41, 5.74) is 5.65. The van der Waals surface area contributed by atoms with Gasteiger partial charge in [0.15, 0.2) is 5.84 Å². The number of nitrogens with two attached hydrogens (primary N) is 1. The van der Waals surface area contributed by atoms with E-state index in [-0.39, 0.29) is 46.4 Å². The summed E-state index contributed by atoms with van der Waals surface area (Å²) in [6.45, 7) is 0.298. The molecule has 1 heterocycles. The molecule has 0 saturated heterocycles. The molecule has 0 atom stereocenters. The third kappa shape index (κ3) is 3.86. The first kappa shape index (κ1) is 19.5. The molecule has 146 valence electrons. The van der Waals surface area contributed by atoms with E-state index in [1.807, 2.05) is 0 Å². The minimum atomic E-state index is -0.588. The number of rotatable bonds is 8. The van der Waals surface area contributed by atoms with Crippen LogP contribution in [0.2, 0.25) is 0 Å². The van der Waals surface area contributed by atoms with E-state index >= 15 is 0 Å². The van der Waals surface area contributed by atoms with Gasteiger partial charge in [-0.1, -0.05) is 0 Å². The third-order valence-electron chi connectivity index (χ3n) is 3.66. The van der Waals surface area contributed by atoms with Gasteiger partial charge in [0.2, 0.25) is 5.69 Å². The standard InChI is InChI=1S/C16H14BrFN6O4/c1-20-10-11(14(26)13(10)25)21-4-5-27-16-12(23-28-24-16)15(19)22-7-2-3-9(18)8(17)6-7/h2-3,6,20-21H,4-5H2,1H3,(H2,19,22). The summed E-state index contributed by atoms with van der Waals surface area (Å²) in [4.78, 5) is 26.9. The number of nitrogens with zero attached hydrogens (tertiary/aromatic N) is 3. The van der Waals surface area contributed by atoms with Gasteiger partial charge in [0.05, 0.1) is 10.2 Å². The number of anilines is 2. The third-order valence-corrected chi connectivity index (χ3v) is 4.26. The minimum Gasteiger partial charge on any atom is -0.472 e. The summed E-state index contributed by atoms with van der Waals surface area (Å²) in [6.07, 6.45) is 0. The SMILES string of the molecule is CNc1c(NCCOc2nonc2C(N)=Nc2ccc(F)c(Br)c2)c(=O)c1=O. The van der Waals surface area contributed by atoms with E-state index in [0.29, 0.717) is 5.69 Å². The molecule has 0 amide bonds. The van der Waals surface area contributed by atoms with Crippen molar-refractivity contribution in [3.05, 3.63) is 54.6 Å². The van der Waals surface area contributed by atoms with Crippen molar-refractivity contribution in [3.63, 3.8) is 0 Å². The summed E-state index contributed by atoms with van der Waals surface area (Å²) >= 11 is 3.06. The van der Waals surface area contributed by atoms with Gasteiger partial charge in [-0.05, 0) is 44.4 Å². The van der Waals surface area contributed by atoms with Crippen molar-refractivity contribution in [1.82, 2.24) is 10.3 Å². The highest BCUT2D eigenvalue weighted by molar-refractivity contribution is 9.10. The second-order valence-corrected chi connectivity index (χ2v) is 6.30. The molecule has 3 rings (SSSR count). The maximum Gasteiger partial charge on any atom is 0.287 e. The molecule has 0 aliphatic heterocycles. The van der Waals surface area contributed by atoms with E-state index in [2.05, 4.69) is 46.5 Å². The van der Waals surface area contributed by atoms with Crippen molar-refractivity contribution in [2.75, 3.05) is 30.8 Å². The quantitative estimate of drug-likeness (QED) is 0.198. The van der Waals surface area contributed by atoms with Crippen LogP contribution in [0.3, 0.4) is 0 Å². The summed E-state index contributed by atoms with van der Waals surface area (Å²) < 4.78 is 23.6. The molecule has 0 aliphatic rings. The number of nitrogens with one attached hydrogen (secondary N) is 2. The first-order valence-corrected chi connectivity index (χ1v) is 8.71. The molecule has 10 nitrogen and oxygen atoms in total. The molecule has 3 aromatic rings. The Morgan fingerprint density at radius 2 is 2.07 bits per heavy atom. The van der Waals surface area contributed by atoms with Gasteiger partial charge in [-0.15, -0.1) is 0 Å². The maximum absolute atomic E-state index is 13.3. The fraction of sp³-hybridized carbons (Fsp3) is 0.188. The fourth-order valence-electron chi connectivity index (χ4n) is 2.30. The lowest BCUT2D eigenvalue weighted by Gasteiger charge is -2.12. The topological polar surface area (TPSA) is 145 Å². The summed E-state index contributed by atoms with van der Waals surface area (Å²) in [7, 11) is 1.55. The molecule has 4 N–H and O–H groups in total. The zero-order valence-electron chi connectivity index (χ0n) is 14.5. The van der Waals surface area contributed by atoms with Gasteiger partial charge in [0.1, 0.15) is 23.8 Å². The van der Waals surface area contributed by atoms with Gasteiger partial charge in [0, 0.05) is 13.6 Å². The minimum absolute atomic E-state index is 0.00283. The van der Waals surface area contributed by atoms with E-state index < -0.39 is 16.7 Å². The Morgan fingerprint density at radius 1 is 1.32 bits per heavy atom. The molecule has 0 spiro atoms. The fourth-order valence-corrected chi connectivity index (χ4v) is 2.67. The summed E-state index contributed by atoms with van der Waals surface area (Å²) in [5, 5.41) is 12.7. The number of halogens is 2. The molecule has 0 aliphatic carbocycles. The van der Waals surface area contributed by atoms with Crippen LogP contribution in [-0.2, 0) is 0 Å². The van der Waals surface area contributed by atoms with Crippen molar-refractivity contribution in [3.8, 4) is 5.88 Å². The van der Waals surface area contributed by atoms with E-state index in [1.54, 1.807) is 7.05 Å². The highest BCUT2D eigenvalue weighted by atomic mass is 79.9. The predicted molar refractivity (Wildman–Crippen MR) is 104 cm³/mol. The highest BCUT2D eigenvalue weighted by Gasteiger charge is 2.19. The number of amidine groups is 1. The monoisotopic (exact) mass is 452 g/mol. The maximum atomic E-state index is 13.3. The average Bonchev–Trinajstić information content (AvgIpc) is 3.15. The first-order valence-electron chi connectivity index (χ1n) is 7.92. The van der Waals surface area contributed by atoms with Crippen LogP contribution in [-0.4, -0.2) is 36.3 Å². The van der Waals surface area contributed by atoms with Crippen molar-refractivity contribution in [1.29, 1.82) is 0 Å². The summed E-state index contributed by atoms with van der Waals surface area (Å²) in [6, 6.07) is 4.12. The van der Waals surface area contributed by atoms with Crippen molar-refractivity contribution >= 4 is 38.8 Å². The molecule has 0 radical (unpaired) electrons. The Morgan fingerprint density at radius 3 is 2.79 bits per heavy atom. The Hall–Kier alpha value is -3.28. The highest BCUT2D eigenvalue weighted by Crippen LogP contribution is 2.23. The number of aliphatic imine (C=N–C) groups is 1. The Labute approximate surface area is 165 Å². The molecule has 12 heteroatoms. The lowest BCUT2D eigenvalue weighted by molar-refractivity contribution is 0.261. The van der Waals surface area contributed by atoms with E-state index in [1.165, 1.54) is 18.2 Å². The normalized spacial score (nSPS) is 11.6. The number of benzene rings is 1. The Balaban J connectivity index is 1.62. The van der Waals surface area contributed by atoms with Crippen LogP contribution in [0.25, 0.3) is 0 Å². The van der Waals surface area contributed by atoms with Crippen molar-refractivity contribution < 1.29 is 13.8 Å². The molecular weight excluding hydrogens is 439 g/mol. The van der Waals surface area contributed by atoms with Crippen LogP contribution in [0.5, 0.6) is 5.88 Å². The summed E-state index contributed by atoms with van der Waals surface area (Å²) in [5.74, 6) is -0.467. The van der Waals surface area contributed by atoms with Crippen molar-refractivity contribution in [2.24, 2.45) is 10.7 Å². The Bertz CT molecular complexity index is 1110. The van der Waals surface area contributed by atoms with E-state index in [9.17, 15) is 14.0 Å². The van der Waals surface area contributed by atoms with Crippen LogP contribution >= 0.6 is 15.9 Å². The second-order valence-electron chi connectivity index (χ2n) is 5.45. The smallest absolute Gasteiger partial charge is 0.287 e. The van der Waals surface area contributed by atoms with Gasteiger partial charge < -0.3 is 21.1 Å². The number of aromatic nitrogens is 2. The molecular formula is C16H14BrFN6O4. The second kappa shape index (κ2) is 8.17. The van der Waals surface area contributed by atoms with Gasteiger partial charge >= 0.3 is 0 Å². The number of hydrogen-bond acceptors (Lipinski definition) is 9. The van der Waals surface area contributed by atoms with Gasteiger partial charge in [-0.2, -0.15) is 0 Å². The molecule has 1 aromatic heterocycles. The zero-order chi connectivity index (χ0) is 20.3. The van der Waals surface area contributed by atoms with Crippen LogP contribution in [0, 0.1) is 5.82 Å². The molecule has 0 unspecified atom stereocenters. The van der Waals surface area contributed by atoms with Gasteiger partial charge in [0.25, 0.3) is 16.7 Å². The average molecular weight is 453 g/mol. The largest absolute Gasteiger partial charge is 0.472 e. The van der Waals surface area contributed by atoms with E-state index in [4.69, 9.17) is 10.5 Å². The van der Waals surface area contributed by atoms with Gasteiger partial charge in [-0.25, -0.2) is 14.0 Å². The Kier molecular flexibility index (Phi) is 5.68. The molecule has 0 bridgehead atoms. The first-order chi connectivity index (χ1) is 13.4. The molecule has 0 saturated carbocycles. The van der Waals surface area contributed by atoms with Crippen LogP contribution in [0.15, 0.2) is 41.9 Å². The van der Waals surface area contributed by atoms with E-state index in [0.717, 1.165) is 0 Å². The van der Waals surface area contributed by atoms with Crippen LogP contribution < -0.4 is 32.0 Å². The van der Waals surface area contributed by atoms with Gasteiger partial charge in [-0.3, -0.25) is 9.59 Å². The zero-order valence-corrected chi connectivity index (χ0v) is 16.0. The predicted octanol–water partition coefficient (Wildman–Crippen LogP) is 1.14. The lowest BCUT2D eigenvalue weighted by atomic mass is 10.2. The van der Waals surface area contributed by atoms with Crippen LogP contribution in [0.1, 0.15) is 5.69 Å². The number of hydrogen-bond donors (Lipinski definition) is 3. The molecule has 0 fully saturated rings. The lowest BCUT2D eigenvalue weighted by Crippen LogP contribution is -2.37. The molecule has 2 aromatic carbocycles. The van der Waals surface area contributed by atoms with Crippen LogP contribution in [0.4, 0.5) is 21.5 Å².